The number of allylic oxidation sites excluding steroid dienone is 1. The van der Waals surface area contributed by atoms with Gasteiger partial charge in [0.1, 0.15) is 5.82 Å². The van der Waals surface area contributed by atoms with Gasteiger partial charge in [-0.25, -0.2) is 4.39 Å². The van der Waals surface area contributed by atoms with Crippen LogP contribution in [0.5, 0.6) is 17.2 Å². The fourth-order valence-electron chi connectivity index (χ4n) is 2.21. The first-order valence-corrected chi connectivity index (χ1v) is 6.82. The van der Waals surface area contributed by atoms with Crippen molar-refractivity contribution < 1.29 is 23.4 Å². The summed E-state index contributed by atoms with van der Waals surface area (Å²) < 4.78 is 29.5. The van der Waals surface area contributed by atoms with Crippen LogP contribution < -0.4 is 14.2 Å². The highest BCUT2D eigenvalue weighted by atomic mass is 19.1. The van der Waals surface area contributed by atoms with Crippen molar-refractivity contribution in [2.75, 3.05) is 21.3 Å². The van der Waals surface area contributed by atoms with E-state index in [1.807, 2.05) is 0 Å². The number of hydrogen-bond acceptors (Lipinski definition) is 4. The second kappa shape index (κ2) is 6.96. The first kappa shape index (κ1) is 16.5. The molecule has 0 bridgehead atoms. The first-order valence-electron chi connectivity index (χ1n) is 6.82. The molecule has 0 saturated carbocycles. The average molecular weight is 316 g/mol. The molecule has 0 aliphatic heterocycles. The Morgan fingerprint density at radius 1 is 1.00 bits per heavy atom. The Balaban J connectivity index is 2.47. The van der Waals surface area contributed by atoms with Crippen LogP contribution in [0.25, 0.3) is 5.57 Å². The highest BCUT2D eigenvalue weighted by molar-refractivity contribution is 6.28. The minimum Gasteiger partial charge on any atom is -0.493 e. The number of carbonyl (C=O) groups excluding carboxylic acids is 1. The van der Waals surface area contributed by atoms with E-state index in [0.717, 1.165) is 0 Å². The summed E-state index contributed by atoms with van der Waals surface area (Å²) in [4.78, 5) is 12.6. The smallest absolute Gasteiger partial charge is 0.203 e. The van der Waals surface area contributed by atoms with E-state index in [-0.39, 0.29) is 16.7 Å². The van der Waals surface area contributed by atoms with Crippen LogP contribution in [0.3, 0.4) is 0 Å². The minimum absolute atomic E-state index is 0.0531. The lowest BCUT2D eigenvalue weighted by atomic mass is 9.97. The van der Waals surface area contributed by atoms with E-state index in [2.05, 4.69) is 6.58 Å². The summed E-state index contributed by atoms with van der Waals surface area (Å²) in [5, 5.41) is 0. The number of Topliss-reactive ketones (excluding diaryl/α,β-unsaturated/α-hetero) is 1. The van der Waals surface area contributed by atoms with Crippen molar-refractivity contribution in [1.29, 1.82) is 0 Å². The normalized spacial score (nSPS) is 10.1. The van der Waals surface area contributed by atoms with Gasteiger partial charge in [0.2, 0.25) is 5.75 Å². The molecular weight excluding hydrogens is 299 g/mol. The molecule has 0 heterocycles. The summed E-state index contributed by atoms with van der Waals surface area (Å²) in [7, 11) is 4.38. The quantitative estimate of drug-likeness (QED) is 0.601. The number of benzene rings is 2. The van der Waals surface area contributed by atoms with Crippen molar-refractivity contribution in [3.63, 3.8) is 0 Å². The summed E-state index contributed by atoms with van der Waals surface area (Å²) in [5.74, 6) is 0.142. The zero-order valence-corrected chi connectivity index (χ0v) is 13.2. The van der Waals surface area contributed by atoms with Crippen LogP contribution in [0.2, 0.25) is 0 Å². The zero-order chi connectivity index (χ0) is 17.0. The number of rotatable bonds is 6. The lowest BCUT2D eigenvalue weighted by molar-refractivity contribution is 0.105. The van der Waals surface area contributed by atoms with Gasteiger partial charge >= 0.3 is 0 Å². The van der Waals surface area contributed by atoms with Crippen LogP contribution in [0.4, 0.5) is 4.39 Å². The van der Waals surface area contributed by atoms with Crippen LogP contribution in [0.15, 0.2) is 43.0 Å². The van der Waals surface area contributed by atoms with Crippen LogP contribution >= 0.6 is 0 Å². The van der Waals surface area contributed by atoms with Crippen LogP contribution in [0, 0.1) is 5.82 Å². The van der Waals surface area contributed by atoms with E-state index in [0.29, 0.717) is 17.2 Å². The molecule has 5 heteroatoms. The van der Waals surface area contributed by atoms with Gasteiger partial charge in [-0.1, -0.05) is 24.8 Å². The van der Waals surface area contributed by atoms with E-state index in [4.69, 9.17) is 14.2 Å². The lowest BCUT2D eigenvalue weighted by Crippen LogP contribution is -2.05. The van der Waals surface area contributed by atoms with Crippen molar-refractivity contribution in [2.45, 2.75) is 0 Å². The zero-order valence-electron chi connectivity index (χ0n) is 13.2. The monoisotopic (exact) mass is 316 g/mol. The van der Waals surface area contributed by atoms with Gasteiger partial charge in [0, 0.05) is 16.7 Å². The Morgan fingerprint density at radius 2 is 1.57 bits per heavy atom. The predicted molar refractivity (Wildman–Crippen MR) is 85.9 cm³/mol. The van der Waals surface area contributed by atoms with E-state index in [9.17, 15) is 9.18 Å². The molecule has 23 heavy (non-hydrogen) atoms. The fourth-order valence-corrected chi connectivity index (χ4v) is 2.21. The second-order valence-electron chi connectivity index (χ2n) is 4.70. The third-order valence-electron chi connectivity index (χ3n) is 3.40. The Morgan fingerprint density at radius 3 is 2.04 bits per heavy atom. The maximum Gasteiger partial charge on any atom is 0.203 e. The molecule has 0 fully saturated rings. The maximum absolute atomic E-state index is 13.8. The number of halogens is 1. The third kappa shape index (κ3) is 3.18. The number of hydrogen-bond donors (Lipinski definition) is 0. The van der Waals surface area contributed by atoms with E-state index in [1.165, 1.54) is 45.6 Å². The van der Waals surface area contributed by atoms with Gasteiger partial charge in [0.05, 0.1) is 21.3 Å². The summed E-state index contributed by atoms with van der Waals surface area (Å²) in [5.41, 5.74) is 0.483. The molecule has 0 radical (unpaired) electrons. The molecule has 120 valence electrons. The Hall–Kier alpha value is -2.82. The maximum atomic E-state index is 13.8. The van der Waals surface area contributed by atoms with Crippen molar-refractivity contribution >= 4 is 11.4 Å². The van der Waals surface area contributed by atoms with Gasteiger partial charge in [-0.05, 0) is 18.2 Å². The summed E-state index contributed by atoms with van der Waals surface area (Å²) in [6, 6.07) is 9.00. The molecule has 2 aromatic carbocycles. The molecule has 0 aliphatic carbocycles. The largest absolute Gasteiger partial charge is 0.493 e. The number of ether oxygens (including phenoxy) is 3. The van der Waals surface area contributed by atoms with Gasteiger partial charge in [0.25, 0.3) is 0 Å². The molecule has 0 spiro atoms. The van der Waals surface area contributed by atoms with Gasteiger partial charge in [-0.3, -0.25) is 4.79 Å². The molecular formula is C18H17FO4. The highest BCUT2D eigenvalue weighted by Gasteiger charge is 2.20. The Labute approximate surface area is 134 Å². The Bertz CT molecular complexity index is 727. The Kier molecular flexibility index (Phi) is 5.01. The fraction of sp³-hybridized carbons (Fsp3) is 0.167. The van der Waals surface area contributed by atoms with E-state index < -0.39 is 11.6 Å². The van der Waals surface area contributed by atoms with Gasteiger partial charge in [0.15, 0.2) is 17.3 Å². The minimum atomic E-state index is -0.502. The molecule has 0 atom stereocenters. The number of methoxy groups -OCH3 is 3. The third-order valence-corrected chi connectivity index (χ3v) is 3.40. The van der Waals surface area contributed by atoms with Gasteiger partial charge in [-0.2, -0.15) is 0 Å². The summed E-state index contributed by atoms with van der Waals surface area (Å²) in [6.45, 7) is 3.71. The van der Waals surface area contributed by atoms with Crippen molar-refractivity contribution in [3.8, 4) is 17.2 Å². The molecule has 0 saturated heterocycles. The van der Waals surface area contributed by atoms with Gasteiger partial charge < -0.3 is 14.2 Å². The molecule has 2 rings (SSSR count). The van der Waals surface area contributed by atoms with E-state index in [1.54, 1.807) is 12.1 Å². The number of ketones is 1. The van der Waals surface area contributed by atoms with Crippen molar-refractivity contribution in [3.05, 3.63) is 59.9 Å². The average Bonchev–Trinajstić information content (AvgIpc) is 2.59. The molecule has 0 aromatic heterocycles. The second-order valence-corrected chi connectivity index (χ2v) is 4.70. The van der Waals surface area contributed by atoms with Crippen molar-refractivity contribution in [1.82, 2.24) is 0 Å². The van der Waals surface area contributed by atoms with Crippen LogP contribution in [0.1, 0.15) is 15.9 Å². The van der Waals surface area contributed by atoms with Gasteiger partial charge in [-0.15, -0.1) is 0 Å². The molecule has 0 N–H and O–H groups in total. The standard InChI is InChI=1S/C18H17FO4/c1-11(13-7-5-6-8-14(13)19)17(20)12-9-15(21-2)18(23-4)16(10-12)22-3/h5-10H,1H2,2-4H3. The molecule has 0 amide bonds. The summed E-state index contributed by atoms with van der Waals surface area (Å²) >= 11 is 0. The summed E-state index contributed by atoms with van der Waals surface area (Å²) in [6.07, 6.45) is 0. The molecule has 2 aromatic rings. The van der Waals surface area contributed by atoms with Crippen LogP contribution in [-0.4, -0.2) is 27.1 Å². The highest BCUT2D eigenvalue weighted by Crippen LogP contribution is 2.39. The van der Waals surface area contributed by atoms with E-state index >= 15 is 0 Å². The number of carbonyl (C=O) groups is 1. The SMILES string of the molecule is C=C(C(=O)c1cc(OC)c(OC)c(OC)c1)c1ccccc1F. The molecule has 0 unspecified atom stereocenters. The predicted octanol–water partition coefficient (Wildman–Crippen LogP) is 3.75. The van der Waals surface area contributed by atoms with Crippen molar-refractivity contribution in [2.24, 2.45) is 0 Å². The molecule has 4 nitrogen and oxygen atoms in total. The first-order chi connectivity index (χ1) is 11.0. The molecule has 0 aliphatic rings. The lowest BCUT2D eigenvalue weighted by Gasteiger charge is -2.14. The topological polar surface area (TPSA) is 44.8 Å². The van der Waals surface area contributed by atoms with Crippen LogP contribution in [-0.2, 0) is 0 Å².